The van der Waals surface area contributed by atoms with E-state index < -0.39 is 29.7 Å². The van der Waals surface area contributed by atoms with Crippen molar-refractivity contribution in [1.82, 2.24) is 20.3 Å². The van der Waals surface area contributed by atoms with E-state index in [1.807, 2.05) is 0 Å². The molecule has 5 N–H and O–H groups in total. The Hall–Kier alpha value is -4.22. The highest BCUT2D eigenvalue weighted by molar-refractivity contribution is 5.97. The van der Waals surface area contributed by atoms with E-state index in [9.17, 15) is 23.9 Å². The number of rotatable bonds is 10. The van der Waals surface area contributed by atoms with Crippen LogP contribution in [0.5, 0.6) is 5.88 Å². The molecule has 0 radical (unpaired) electrons. The van der Waals surface area contributed by atoms with Crippen LogP contribution in [0.3, 0.4) is 0 Å². The number of aromatic amines is 1. The van der Waals surface area contributed by atoms with Gasteiger partial charge in [-0.1, -0.05) is 6.07 Å². The van der Waals surface area contributed by atoms with Crippen LogP contribution in [0.2, 0.25) is 0 Å². The van der Waals surface area contributed by atoms with Crippen LogP contribution in [-0.2, 0) is 25.5 Å². The van der Waals surface area contributed by atoms with Gasteiger partial charge in [0.2, 0.25) is 11.8 Å². The molecule has 1 aromatic carbocycles. The van der Waals surface area contributed by atoms with Gasteiger partial charge in [0.05, 0.1) is 18.6 Å². The van der Waals surface area contributed by atoms with Gasteiger partial charge in [0.15, 0.2) is 0 Å². The van der Waals surface area contributed by atoms with E-state index in [0.29, 0.717) is 16.6 Å². The molecule has 1 amide bonds. The number of nitrogens with zero attached hydrogens (tertiary/aromatic N) is 2. The van der Waals surface area contributed by atoms with E-state index in [2.05, 4.69) is 20.3 Å². The van der Waals surface area contributed by atoms with Gasteiger partial charge in [-0.3, -0.25) is 9.59 Å². The number of amides is 1. The molecule has 186 valence electrons. The van der Waals surface area contributed by atoms with Crippen LogP contribution in [0, 0.1) is 5.82 Å². The monoisotopic (exact) mass is 487 g/mol. The van der Waals surface area contributed by atoms with Crippen molar-refractivity contribution in [2.75, 3.05) is 18.9 Å². The van der Waals surface area contributed by atoms with Crippen molar-refractivity contribution in [3.63, 3.8) is 0 Å². The highest BCUT2D eigenvalue weighted by Gasteiger charge is 2.24. The molecule has 0 bridgehead atoms. The Morgan fingerprint density at radius 3 is 2.60 bits per heavy atom. The zero-order valence-corrected chi connectivity index (χ0v) is 19.3. The molecule has 0 fully saturated rings. The van der Waals surface area contributed by atoms with Gasteiger partial charge in [0, 0.05) is 24.6 Å². The van der Waals surface area contributed by atoms with E-state index in [0.717, 1.165) is 6.07 Å². The van der Waals surface area contributed by atoms with E-state index in [1.165, 1.54) is 12.1 Å². The fourth-order valence-electron chi connectivity index (χ4n) is 3.50. The minimum absolute atomic E-state index is 0.0189. The summed E-state index contributed by atoms with van der Waals surface area (Å²) in [5, 5.41) is 12.9. The van der Waals surface area contributed by atoms with Gasteiger partial charge < -0.3 is 30.6 Å². The van der Waals surface area contributed by atoms with E-state index in [1.54, 1.807) is 20.0 Å². The lowest BCUT2D eigenvalue weighted by Crippen LogP contribution is -2.42. The number of nitrogen functional groups attached to an aromatic ring is 1. The first kappa shape index (κ1) is 25.4. The standard InChI is InChI=1S/C23H26FN5O6/c1-3-34-17(30)8-7-16(22(33)35-4-2)27-20(31)13-6-5-12(15(24)10-13)9-14-11-26-19-18(14)21(32)29-23(25)28-19/h5-6,10-11,16H,3-4,7-9H2,1-2H3,(H,27,31)(H4,25,26,28,29,32)/t16-/m0/s1. The third-order valence-electron chi connectivity index (χ3n) is 5.13. The number of esters is 2. The predicted molar refractivity (Wildman–Crippen MR) is 123 cm³/mol. The number of hydrogen-bond donors (Lipinski definition) is 4. The number of nitrogens with one attached hydrogen (secondary N) is 2. The first-order valence-electron chi connectivity index (χ1n) is 11.0. The van der Waals surface area contributed by atoms with Gasteiger partial charge in [-0.25, -0.2) is 9.18 Å². The highest BCUT2D eigenvalue weighted by Crippen LogP contribution is 2.28. The molecule has 11 nitrogen and oxygen atoms in total. The molecule has 2 heterocycles. The van der Waals surface area contributed by atoms with Crippen molar-refractivity contribution in [3.05, 3.63) is 46.9 Å². The van der Waals surface area contributed by atoms with Gasteiger partial charge >= 0.3 is 11.9 Å². The van der Waals surface area contributed by atoms with Crippen molar-refractivity contribution < 1.29 is 33.4 Å². The zero-order chi connectivity index (χ0) is 25.5. The largest absolute Gasteiger partial charge is 0.493 e. The maximum atomic E-state index is 14.9. The number of anilines is 1. The number of aromatic nitrogens is 3. The molecule has 35 heavy (non-hydrogen) atoms. The number of hydrogen-bond acceptors (Lipinski definition) is 9. The summed E-state index contributed by atoms with van der Waals surface area (Å²) in [5.74, 6) is -3.01. The quantitative estimate of drug-likeness (QED) is 0.312. The van der Waals surface area contributed by atoms with Crippen molar-refractivity contribution in [1.29, 1.82) is 0 Å². The zero-order valence-electron chi connectivity index (χ0n) is 19.3. The molecule has 0 saturated carbocycles. The Morgan fingerprint density at radius 2 is 1.91 bits per heavy atom. The molecule has 0 unspecified atom stereocenters. The first-order chi connectivity index (χ1) is 16.7. The summed E-state index contributed by atoms with van der Waals surface area (Å²) in [7, 11) is 0. The molecule has 3 rings (SSSR count). The Morgan fingerprint density at radius 1 is 1.17 bits per heavy atom. The Bertz CT molecular complexity index is 1240. The third-order valence-corrected chi connectivity index (χ3v) is 5.13. The van der Waals surface area contributed by atoms with Gasteiger partial charge in [-0.2, -0.15) is 9.97 Å². The normalized spacial score (nSPS) is 11.7. The number of aromatic hydroxyl groups is 1. The van der Waals surface area contributed by atoms with Gasteiger partial charge in [0.25, 0.3) is 5.91 Å². The second kappa shape index (κ2) is 11.3. The van der Waals surface area contributed by atoms with Crippen molar-refractivity contribution in [3.8, 4) is 5.88 Å². The van der Waals surface area contributed by atoms with Crippen LogP contribution in [0.4, 0.5) is 10.3 Å². The smallest absolute Gasteiger partial charge is 0.328 e. The molecule has 0 aliphatic heterocycles. The number of ether oxygens (including phenoxy) is 2. The number of halogens is 1. The summed E-state index contributed by atoms with van der Waals surface area (Å²) in [6.07, 6.45) is 1.52. The fourth-order valence-corrected chi connectivity index (χ4v) is 3.50. The minimum Gasteiger partial charge on any atom is -0.493 e. The van der Waals surface area contributed by atoms with E-state index in [-0.39, 0.29) is 55.4 Å². The number of H-pyrrole nitrogens is 1. The Balaban J connectivity index is 1.74. The van der Waals surface area contributed by atoms with Gasteiger partial charge in [-0.05, 0) is 43.5 Å². The Kier molecular flexibility index (Phi) is 8.18. The van der Waals surface area contributed by atoms with Crippen LogP contribution in [-0.4, -0.2) is 57.2 Å². The third kappa shape index (κ3) is 6.22. The summed E-state index contributed by atoms with van der Waals surface area (Å²) >= 11 is 0. The highest BCUT2D eigenvalue weighted by atomic mass is 19.1. The Labute approximate surface area is 199 Å². The molecular weight excluding hydrogens is 461 g/mol. The molecule has 12 heteroatoms. The lowest BCUT2D eigenvalue weighted by atomic mass is 10.0. The number of fused-ring (bicyclic) bond motifs is 1. The lowest BCUT2D eigenvalue weighted by molar-refractivity contribution is -0.146. The predicted octanol–water partition coefficient (Wildman–Crippen LogP) is 1.98. The topological polar surface area (TPSA) is 170 Å². The van der Waals surface area contributed by atoms with Gasteiger partial charge in [0.1, 0.15) is 17.5 Å². The van der Waals surface area contributed by atoms with Crippen molar-refractivity contribution in [2.24, 2.45) is 0 Å². The van der Waals surface area contributed by atoms with Gasteiger partial charge in [-0.15, -0.1) is 0 Å². The number of benzene rings is 1. The maximum Gasteiger partial charge on any atom is 0.328 e. The summed E-state index contributed by atoms with van der Waals surface area (Å²) in [5.41, 5.74) is 6.61. The number of carbonyl (C=O) groups is 3. The van der Waals surface area contributed by atoms with E-state index in [4.69, 9.17) is 15.2 Å². The lowest BCUT2D eigenvalue weighted by Gasteiger charge is -2.17. The summed E-state index contributed by atoms with van der Waals surface area (Å²) < 4.78 is 24.7. The molecule has 3 aromatic rings. The second-order valence-corrected chi connectivity index (χ2v) is 7.55. The molecular formula is C23H26FN5O6. The molecule has 0 aliphatic carbocycles. The van der Waals surface area contributed by atoms with E-state index >= 15 is 0 Å². The average Bonchev–Trinajstić information content (AvgIpc) is 3.20. The minimum atomic E-state index is -1.10. The van der Waals surface area contributed by atoms with Crippen LogP contribution in [0.1, 0.15) is 48.2 Å². The van der Waals surface area contributed by atoms with Crippen molar-refractivity contribution in [2.45, 2.75) is 39.2 Å². The number of carbonyl (C=O) groups excluding carboxylic acids is 3. The molecule has 0 spiro atoms. The summed E-state index contributed by atoms with van der Waals surface area (Å²) in [6, 6.07) is 2.78. The van der Waals surface area contributed by atoms with Crippen LogP contribution in [0.25, 0.3) is 11.0 Å². The average molecular weight is 487 g/mol. The first-order valence-corrected chi connectivity index (χ1v) is 11.0. The van der Waals surface area contributed by atoms with Crippen LogP contribution >= 0.6 is 0 Å². The van der Waals surface area contributed by atoms with Crippen LogP contribution in [0.15, 0.2) is 24.4 Å². The fraction of sp³-hybridized carbons (Fsp3) is 0.348. The molecule has 1 atom stereocenters. The second-order valence-electron chi connectivity index (χ2n) is 7.55. The van der Waals surface area contributed by atoms with Crippen molar-refractivity contribution >= 4 is 34.8 Å². The molecule has 0 aliphatic rings. The summed E-state index contributed by atoms with van der Waals surface area (Å²) in [6.45, 7) is 3.56. The summed E-state index contributed by atoms with van der Waals surface area (Å²) in [4.78, 5) is 47.1. The van der Waals surface area contributed by atoms with Crippen LogP contribution < -0.4 is 11.1 Å². The maximum absolute atomic E-state index is 14.9. The number of nitrogens with two attached hydrogens (primary N) is 1. The molecule has 2 aromatic heterocycles. The molecule has 0 saturated heterocycles. The SMILES string of the molecule is CCOC(=O)CC[C@H](NC(=O)c1ccc(Cc2c[nH]c3nc(N)nc(O)c23)c(F)c1)C(=O)OCC.